The fourth-order valence-electron chi connectivity index (χ4n) is 2.77. The first-order valence-corrected chi connectivity index (χ1v) is 9.86. The maximum absolute atomic E-state index is 13.2. The number of anilines is 2. The van der Waals surface area contributed by atoms with E-state index >= 15 is 0 Å². The lowest BCUT2D eigenvalue weighted by atomic mass is 10.1. The topological polar surface area (TPSA) is 66.6 Å². The first-order chi connectivity index (χ1) is 12.1. The molecular formula is C19H26FN3O2S. The number of halogens is 1. The van der Waals surface area contributed by atoms with E-state index in [1.54, 1.807) is 12.1 Å². The average molecular weight is 380 g/mol. The predicted octanol–water partition coefficient (Wildman–Crippen LogP) is 3.32. The maximum Gasteiger partial charge on any atom is 0.243 e. The summed E-state index contributed by atoms with van der Waals surface area (Å²) in [5, 5.41) is 0. The summed E-state index contributed by atoms with van der Waals surface area (Å²) < 4.78 is 40.8. The highest BCUT2D eigenvalue weighted by atomic mass is 32.2. The summed E-state index contributed by atoms with van der Waals surface area (Å²) in [4.78, 5) is 2.00. The molecule has 0 radical (unpaired) electrons. The number of sulfonamides is 1. The van der Waals surface area contributed by atoms with Crippen LogP contribution in [0.15, 0.2) is 47.4 Å². The van der Waals surface area contributed by atoms with Gasteiger partial charge in [-0.15, -0.1) is 0 Å². The molecule has 0 aliphatic carbocycles. The van der Waals surface area contributed by atoms with Gasteiger partial charge >= 0.3 is 0 Å². The summed E-state index contributed by atoms with van der Waals surface area (Å²) in [6.45, 7) is 4.45. The summed E-state index contributed by atoms with van der Waals surface area (Å²) in [6.07, 6.45) is 0. The van der Waals surface area contributed by atoms with Crippen LogP contribution in [-0.4, -0.2) is 33.4 Å². The van der Waals surface area contributed by atoms with Crippen molar-refractivity contribution in [2.24, 2.45) is 5.92 Å². The second-order valence-electron chi connectivity index (χ2n) is 6.93. The van der Waals surface area contributed by atoms with E-state index in [0.29, 0.717) is 12.2 Å². The van der Waals surface area contributed by atoms with Crippen LogP contribution in [-0.2, 0) is 16.6 Å². The second kappa shape index (κ2) is 8.05. The molecule has 0 aliphatic heterocycles. The lowest BCUT2D eigenvalue weighted by Crippen LogP contribution is -2.34. The zero-order valence-corrected chi connectivity index (χ0v) is 16.4. The summed E-state index contributed by atoms with van der Waals surface area (Å²) in [5.41, 5.74) is 8.22. The Labute approximate surface area is 155 Å². The van der Waals surface area contributed by atoms with Crippen molar-refractivity contribution >= 4 is 21.4 Å². The highest BCUT2D eigenvalue weighted by molar-refractivity contribution is 7.89. The zero-order chi connectivity index (χ0) is 19.5. The van der Waals surface area contributed by atoms with E-state index < -0.39 is 15.8 Å². The monoisotopic (exact) mass is 379 g/mol. The van der Waals surface area contributed by atoms with Crippen LogP contribution in [0, 0.1) is 11.7 Å². The fraction of sp³-hybridized carbons (Fsp3) is 0.368. The first-order valence-electron chi connectivity index (χ1n) is 8.42. The number of benzene rings is 2. The molecule has 5 nitrogen and oxygen atoms in total. The largest absolute Gasteiger partial charge is 0.399 e. The molecule has 0 aliphatic rings. The molecule has 0 aromatic heterocycles. The average Bonchev–Trinajstić information content (AvgIpc) is 2.54. The molecule has 2 aromatic carbocycles. The fourth-order valence-corrected chi connectivity index (χ4v) is 4.35. The third-order valence-electron chi connectivity index (χ3n) is 3.95. The number of nitrogens with zero attached hydrogens (tertiary/aromatic N) is 2. The Hall–Kier alpha value is -2.12. The van der Waals surface area contributed by atoms with Crippen LogP contribution < -0.4 is 10.6 Å². The van der Waals surface area contributed by atoms with Gasteiger partial charge in [-0.1, -0.05) is 13.8 Å². The molecule has 0 heterocycles. The highest BCUT2D eigenvalue weighted by Gasteiger charge is 2.26. The molecule has 26 heavy (non-hydrogen) atoms. The van der Waals surface area contributed by atoms with Crippen molar-refractivity contribution in [1.29, 1.82) is 0 Å². The third-order valence-corrected chi connectivity index (χ3v) is 5.78. The molecule has 0 saturated heterocycles. The van der Waals surface area contributed by atoms with Gasteiger partial charge in [-0.3, -0.25) is 0 Å². The van der Waals surface area contributed by atoms with Gasteiger partial charge in [0.25, 0.3) is 0 Å². The summed E-state index contributed by atoms with van der Waals surface area (Å²) in [5.74, 6) is -0.334. The SMILES string of the molecule is CC(C)CN(Cc1cc(N)ccc1N(C)C)S(=O)(=O)c1ccc(F)cc1. The van der Waals surface area contributed by atoms with Crippen LogP contribution in [0.3, 0.4) is 0 Å². The minimum absolute atomic E-state index is 0.0786. The minimum Gasteiger partial charge on any atom is -0.399 e. The van der Waals surface area contributed by atoms with Gasteiger partial charge in [0.1, 0.15) is 5.82 Å². The number of hydrogen-bond acceptors (Lipinski definition) is 4. The van der Waals surface area contributed by atoms with Gasteiger partial charge in [0.05, 0.1) is 4.90 Å². The number of nitrogen functional groups attached to an aromatic ring is 1. The van der Waals surface area contributed by atoms with Crippen LogP contribution in [0.1, 0.15) is 19.4 Å². The van der Waals surface area contributed by atoms with E-state index in [0.717, 1.165) is 23.4 Å². The van der Waals surface area contributed by atoms with Crippen molar-refractivity contribution < 1.29 is 12.8 Å². The van der Waals surface area contributed by atoms with Gasteiger partial charge in [-0.2, -0.15) is 4.31 Å². The summed E-state index contributed by atoms with van der Waals surface area (Å²) in [6, 6.07) is 10.4. The van der Waals surface area contributed by atoms with E-state index in [9.17, 15) is 12.8 Å². The summed E-state index contributed by atoms with van der Waals surface area (Å²) in [7, 11) is 0.0391. The molecule has 0 spiro atoms. The van der Waals surface area contributed by atoms with Crippen molar-refractivity contribution in [3.8, 4) is 0 Å². The Bertz CT molecular complexity index is 850. The molecule has 2 N–H and O–H groups in total. The van der Waals surface area contributed by atoms with Crippen LogP contribution in [0.4, 0.5) is 15.8 Å². The van der Waals surface area contributed by atoms with E-state index in [-0.39, 0.29) is 17.4 Å². The van der Waals surface area contributed by atoms with Crippen molar-refractivity contribution in [2.45, 2.75) is 25.3 Å². The Balaban J connectivity index is 2.46. The first kappa shape index (κ1) is 20.2. The Morgan fingerprint density at radius 3 is 2.23 bits per heavy atom. The highest BCUT2D eigenvalue weighted by Crippen LogP contribution is 2.26. The van der Waals surface area contributed by atoms with Gasteiger partial charge in [0.2, 0.25) is 10.0 Å². The molecule has 0 amide bonds. The van der Waals surface area contributed by atoms with E-state index in [1.807, 2.05) is 38.9 Å². The quantitative estimate of drug-likeness (QED) is 0.750. The van der Waals surface area contributed by atoms with Crippen LogP contribution >= 0.6 is 0 Å². The smallest absolute Gasteiger partial charge is 0.243 e. The Kier molecular flexibility index (Phi) is 6.26. The number of rotatable bonds is 7. The second-order valence-corrected chi connectivity index (χ2v) is 8.87. The summed E-state index contributed by atoms with van der Waals surface area (Å²) >= 11 is 0. The molecule has 0 atom stereocenters. The van der Waals surface area contributed by atoms with Gasteiger partial charge in [0, 0.05) is 38.6 Å². The Morgan fingerprint density at radius 2 is 1.69 bits per heavy atom. The van der Waals surface area contributed by atoms with Gasteiger partial charge in [-0.25, -0.2) is 12.8 Å². The van der Waals surface area contributed by atoms with Crippen molar-refractivity contribution in [3.63, 3.8) is 0 Å². The zero-order valence-electron chi connectivity index (χ0n) is 15.6. The van der Waals surface area contributed by atoms with Crippen molar-refractivity contribution in [2.75, 3.05) is 31.3 Å². The third kappa shape index (κ3) is 4.74. The van der Waals surface area contributed by atoms with Crippen LogP contribution in [0.25, 0.3) is 0 Å². The van der Waals surface area contributed by atoms with Crippen LogP contribution in [0.5, 0.6) is 0 Å². The normalized spacial score (nSPS) is 12.0. The maximum atomic E-state index is 13.2. The lowest BCUT2D eigenvalue weighted by Gasteiger charge is -2.26. The van der Waals surface area contributed by atoms with Gasteiger partial charge < -0.3 is 10.6 Å². The molecule has 7 heteroatoms. The standard InChI is InChI=1S/C19H26FN3O2S/c1-14(2)12-23(26(24,25)18-8-5-16(20)6-9-18)13-15-11-17(21)7-10-19(15)22(3)4/h5-11,14H,12-13,21H2,1-4H3. The molecule has 0 bridgehead atoms. The number of nitrogens with two attached hydrogens (primary N) is 1. The van der Waals surface area contributed by atoms with Crippen molar-refractivity contribution in [1.82, 2.24) is 4.31 Å². The molecule has 0 fully saturated rings. The van der Waals surface area contributed by atoms with E-state index in [2.05, 4.69) is 0 Å². The van der Waals surface area contributed by atoms with Crippen molar-refractivity contribution in [3.05, 3.63) is 53.8 Å². The molecule has 2 rings (SSSR count). The van der Waals surface area contributed by atoms with E-state index in [4.69, 9.17) is 5.73 Å². The number of hydrogen-bond donors (Lipinski definition) is 1. The Morgan fingerprint density at radius 1 is 1.08 bits per heavy atom. The molecule has 142 valence electrons. The molecule has 2 aromatic rings. The molecule has 0 saturated carbocycles. The molecular weight excluding hydrogens is 353 g/mol. The lowest BCUT2D eigenvalue weighted by molar-refractivity contribution is 0.362. The predicted molar refractivity (Wildman–Crippen MR) is 104 cm³/mol. The van der Waals surface area contributed by atoms with E-state index in [1.165, 1.54) is 16.4 Å². The van der Waals surface area contributed by atoms with Gasteiger partial charge in [-0.05, 0) is 53.9 Å². The van der Waals surface area contributed by atoms with Gasteiger partial charge in [0.15, 0.2) is 0 Å². The van der Waals surface area contributed by atoms with Crippen LogP contribution in [0.2, 0.25) is 0 Å². The minimum atomic E-state index is -3.76. The molecule has 0 unspecified atom stereocenters.